The van der Waals surface area contributed by atoms with Crippen molar-refractivity contribution in [2.24, 2.45) is 0 Å². The molecule has 1 aromatic heterocycles. The van der Waals surface area contributed by atoms with Gasteiger partial charge in [0.25, 0.3) is 0 Å². The molecule has 90 valence electrons. The maximum atomic E-state index is 8.87. The van der Waals surface area contributed by atoms with Crippen molar-refractivity contribution in [1.29, 1.82) is 5.26 Å². The van der Waals surface area contributed by atoms with Gasteiger partial charge < -0.3 is 4.90 Å². The molecule has 0 N–H and O–H groups in total. The first-order valence-corrected chi connectivity index (χ1v) is 5.82. The van der Waals surface area contributed by atoms with Crippen LogP contribution in [0.4, 0.5) is 5.82 Å². The first-order chi connectivity index (χ1) is 8.69. The van der Waals surface area contributed by atoms with Crippen molar-refractivity contribution in [1.82, 2.24) is 4.98 Å². The zero-order valence-electron chi connectivity index (χ0n) is 10.6. The summed E-state index contributed by atoms with van der Waals surface area (Å²) in [4.78, 5) is 6.41. The van der Waals surface area contributed by atoms with E-state index in [0.29, 0.717) is 5.56 Å². The maximum absolute atomic E-state index is 8.87. The van der Waals surface area contributed by atoms with E-state index in [1.54, 1.807) is 0 Å². The Labute approximate surface area is 107 Å². The Bertz CT molecular complexity index is 584. The van der Waals surface area contributed by atoms with Crippen LogP contribution in [0.3, 0.4) is 0 Å². The molecule has 0 saturated carbocycles. The van der Waals surface area contributed by atoms with Gasteiger partial charge in [-0.2, -0.15) is 5.26 Å². The molecule has 0 aliphatic rings. The van der Waals surface area contributed by atoms with Crippen LogP contribution in [0.1, 0.15) is 16.7 Å². The van der Waals surface area contributed by atoms with Crippen molar-refractivity contribution in [2.75, 3.05) is 11.9 Å². The normalized spacial score (nSPS) is 9.83. The highest BCUT2D eigenvalue weighted by Gasteiger charge is 2.04. The smallest absolute Gasteiger partial charge is 0.128 e. The fourth-order valence-corrected chi connectivity index (χ4v) is 1.82. The Hall–Kier alpha value is -2.34. The van der Waals surface area contributed by atoms with Gasteiger partial charge >= 0.3 is 0 Å². The third-order valence-electron chi connectivity index (χ3n) is 2.77. The van der Waals surface area contributed by atoms with Crippen LogP contribution in [0, 0.1) is 18.3 Å². The van der Waals surface area contributed by atoms with Gasteiger partial charge in [0.15, 0.2) is 0 Å². The van der Waals surface area contributed by atoms with Crippen LogP contribution in [0.25, 0.3) is 0 Å². The number of rotatable bonds is 3. The quantitative estimate of drug-likeness (QED) is 0.824. The van der Waals surface area contributed by atoms with E-state index >= 15 is 0 Å². The van der Waals surface area contributed by atoms with E-state index in [9.17, 15) is 0 Å². The lowest BCUT2D eigenvalue weighted by atomic mass is 10.1. The van der Waals surface area contributed by atoms with Crippen LogP contribution in [0.2, 0.25) is 0 Å². The van der Waals surface area contributed by atoms with E-state index in [2.05, 4.69) is 22.9 Å². The summed E-state index contributed by atoms with van der Waals surface area (Å²) < 4.78 is 0. The van der Waals surface area contributed by atoms with Crippen molar-refractivity contribution in [2.45, 2.75) is 13.5 Å². The molecule has 0 radical (unpaired) electrons. The Kier molecular flexibility index (Phi) is 3.59. The van der Waals surface area contributed by atoms with Crippen LogP contribution in [0.15, 0.2) is 42.6 Å². The van der Waals surface area contributed by atoms with Crippen LogP contribution in [-0.2, 0) is 6.54 Å². The fourth-order valence-electron chi connectivity index (χ4n) is 1.82. The summed E-state index contributed by atoms with van der Waals surface area (Å²) in [5.74, 6) is 0.942. The third kappa shape index (κ3) is 2.86. The van der Waals surface area contributed by atoms with Crippen LogP contribution < -0.4 is 4.90 Å². The van der Waals surface area contributed by atoms with E-state index in [4.69, 9.17) is 5.26 Å². The number of nitrogens with zero attached hydrogens (tertiary/aromatic N) is 3. The topological polar surface area (TPSA) is 39.9 Å². The van der Waals surface area contributed by atoms with E-state index in [1.165, 1.54) is 5.56 Å². The molecule has 0 bridgehead atoms. The largest absolute Gasteiger partial charge is 0.355 e. The molecule has 0 amide bonds. The lowest BCUT2D eigenvalue weighted by molar-refractivity contribution is 0.896. The van der Waals surface area contributed by atoms with Crippen molar-refractivity contribution < 1.29 is 0 Å². The molecule has 2 rings (SSSR count). The molecule has 18 heavy (non-hydrogen) atoms. The van der Waals surface area contributed by atoms with Gasteiger partial charge in [-0.15, -0.1) is 0 Å². The lowest BCUT2D eigenvalue weighted by Crippen LogP contribution is -2.17. The van der Waals surface area contributed by atoms with Crippen LogP contribution in [0.5, 0.6) is 0 Å². The zero-order valence-corrected chi connectivity index (χ0v) is 10.6. The van der Waals surface area contributed by atoms with Crippen molar-refractivity contribution in [3.05, 3.63) is 59.3 Å². The maximum Gasteiger partial charge on any atom is 0.128 e. The summed E-state index contributed by atoms with van der Waals surface area (Å²) in [6.07, 6.45) is 1.81. The summed E-state index contributed by atoms with van der Waals surface area (Å²) in [6.45, 7) is 2.79. The highest BCUT2D eigenvalue weighted by molar-refractivity contribution is 5.42. The second-order valence-electron chi connectivity index (χ2n) is 4.36. The average Bonchev–Trinajstić information content (AvgIpc) is 2.39. The molecule has 3 nitrogen and oxygen atoms in total. The molecule has 0 atom stereocenters. The van der Waals surface area contributed by atoms with Crippen molar-refractivity contribution >= 4 is 5.82 Å². The molecule has 0 unspecified atom stereocenters. The first-order valence-electron chi connectivity index (χ1n) is 5.82. The monoisotopic (exact) mass is 237 g/mol. The fraction of sp³-hybridized carbons (Fsp3) is 0.200. The standard InChI is InChI=1S/C15H15N3/c1-12-6-7-17-15(8-12)18(2)11-14-5-3-4-13(9-14)10-16/h3-9H,11H2,1-2H3. The first kappa shape index (κ1) is 12.1. The third-order valence-corrected chi connectivity index (χ3v) is 2.77. The van der Waals surface area contributed by atoms with E-state index in [1.807, 2.05) is 49.6 Å². The second kappa shape index (κ2) is 5.33. The number of benzene rings is 1. The molecule has 3 heteroatoms. The summed E-state index contributed by atoms with van der Waals surface area (Å²) in [5.41, 5.74) is 3.00. The van der Waals surface area contributed by atoms with Gasteiger partial charge in [-0.3, -0.25) is 0 Å². The number of aryl methyl sites for hydroxylation is 1. The summed E-state index contributed by atoms with van der Waals surface area (Å²) in [5, 5.41) is 8.87. The molecule has 1 aromatic carbocycles. The SMILES string of the molecule is Cc1ccnc(N(C)Cc2cccc(C#N)c2)c1. The predicted octanol–water partition coefficient (Wildman–Crippen LogP) is 2.90. The Morgan fingerprint density at radius 2 is 2.11 bits per heavy atom. The average molecular weight is 237 g/mol. The Morgan fingerprint density at radius 3 is 2.83 bits per heavy atom. The molecular weight excluding hydrogens is 222 g/mol. The van der Waals surface area contributed by atoms with Gasteiger partial charge in [0.05, 0.1) is 11.6 Å². The minimum Gasteiger partial charge on any atom is -0.355 e. The number of pyridine rings is 1. The summed E-state index contributed by atoms with van der Waals surface area (Å²) in [6, 6.07) is 13.8. The second-order valence-corrected chi connectivity index (χ2v) is 4.36. The zero-order chi connectivity index (χ0) is 13.0. The Morgan fingerprint density at radius 1 is 1.28 bits per heavy atom. The number of anilines is 1. The molecule has 0 aliphatic carbocycles. The van der Waals surface area contributed by atoms with Gasteiger partial charge in [-0.05, 0) is 42.3 Å². The molecule has 2 aromatic rings. The minimum atomic E-state index is 0.693. The van der Waals surface area contributed by atoms with Gasteiger partial charge in [0.1, 0.15) is 5.82 Å². The molecule has 0 saturated heterocycles. The number of hydrogen-bond donors (Lipinski definition) is 0. The number of hydrogen-bond acceptors (Lipinski definition) is 3. The van der Waals surface area contributed by atoms with Crippen LogP contribution >= 0.6 is 0 Å². The number of nitriles is 1. The predicted molar refractivity (Wildman–Crippen MR) is 72.2 cm³/mol. The van der Waals surface area contributed by atoms with E-state index in [-0.39, 0.29) is 0 Å². The van der Waals surface area contributed by atoms with Crippen molar-refractivity contribution in [3.8, 4) is 6.07 Å². The lowest BCUT2D eigenvalue weighted by Gasteiger charge is -2.18. The molecular formula is C15H15N3. The molecule has 0 aliphatic heterocycles. The Balaban J connectivity index is 2.16. The van der Waals surface area contributed by atoms with Crippen LogP contribution in [-0.4, -0.2) is 12.0 Å². The molecule has 0 fully saturated rings. The van der Waals surface area contributed by atoms with E-state index < -0.39 is 0 Å². The number of aromatic nitrogens is 1. The van der Waals surface area contributed by atoms with E-state index in [0.717, 1.165) is 17.9 Å². The summed E-state index contributed by atoms with van der Waals surface area (Å²) >= 11 is 0. The highest BCUT2D eigenvalue weighted by atomic mass is 15.2. The minimum absolute atomic E-state index is 0.693. The van der Waals surface area contributed by atoms with Crippen molar-refractivity contribution in [3.63, 3.8) is 0 Å². The highest BCUT2D eigenvalue weighted by Crippen LogP contribution is 2.14. The van der Waals surface area contributed by atoms with Gasteiger partial charge in [-0.25, -0.2) is 4.98 Å². The summed E-state index contributed by atoms with van der Waals surface area (Å²) in [7, 11) is 2.00. The van der Waals surface area contributed by atoms with Gasteiger partial charge in [0.2, 0.25) is 0 Å². The molecule has 0 spiro atoms. The van der Waals surface area contributed by atoms with Gasteiger partial charge in [0, 0.05) is 19.8 Å². The van der Waals surface area contributed by atoms with Gasteiger partial charge in [-0.1, -0.05) is 12.1 Å². The molecule has 1 heterocycles.